The number of aromatic nitrogens is 1. The molecule has 70 valence electrons. The summed E-state index contributed by atoms with van der Waals surface area (Å²) in [5.74, 6) is -1.10. The predicted molar refractivity (Wildman–Crippen MR) is 44.0 cm³/mol. The van der Waals surface area contributed by atoms with Gasteiger partial charge in [-0.1, -0.05) is 0 Å². The first kappa shape index (κ1) is 9.11. The Hall–Kier alpha value is -1.98. The van der Waals surface area contributed by atoms with Crippen molar-refractivity contribution in [1.82, 2.24) is 4.57 Å². The highest BCUT2D eigenvalue weighted by molar-refractivity contribution is 5.90. The van der Waals surface area contributed by atoms with Gasteiger partial charge in [-0.2, -0.15) is 0 Å². The van der Waals surface area contributed by atoms with Gasteiger partial charge in [0.15, 0.2) is 0 Å². The number of aromatic carboxylic acids is 1. The minimum absolute atomic E-state index is 0.0313. The Morgan fingerprint density at radius 2 is 2.08 bits per heavy atom. The maximum absolute atomic E-state index is 10.5. The number of rotatable bonds is 2. The topological polar surface area (TPSA) is 91.6 Å². The molecule has 0 fully saturated rings. The fourth-order valence-corrected chi connectivity index (χ4v) is 0.969. The summed E-state index contributed by atoms with van der Waals surface area (Å²) < 4.78 is 1.33. The number of hydrogen-bond acceptors (Lipinski definition) is 2. The van der Waals surface area contributed by atoms with Crippen molar-refractivity contribution in [3.8, 4) is 0 Å². The van der Waals surface area contributed by atoms with Gasteiger partial charge in [-0.25, -0.2) is 9.59 Å². The normalized spacial score (nSPS) is 9.62. The smallest absolute Gasteiger partial charge is 0.409 e. The van der Waals surface area contributed by atoms with Gasteiger partial charge in [-0.3, -0.25) is 5.32 Å². The second kappa shape index (κ2) is 3.18. The van der Waals surface area contributed by atoms with E-state index in [1.807, 2.05) is 0 Å². The van der Waals surface area contributed by atoms with Gasteiger partial charge in [-0.05, 0) is 6.07 Å². The standard InChI is InChI=1S/C7H8N2O4/c1-9-3-4(8-7(12)13)2-5(9)6(10)11/h2-3,8H,1H3,(H,10,11)(H,12,13). The van der Waals surface area contributed by atoms with Crippen LogP contribution >= 0.6 is 0 Å². The maximum Gasteiger partial charge on any atom is 0.409 e. The van der Waals surface area contributed by atoms with E-state index in [1.54, 1.807) is 0 Å². The van der Waals surface area contributed by atoms with Gasteiger partial charge >= 0.3 is 12.1 Å². The molecular formula is C7H8N2O4. The maximum atomic E-state index is 10.5. The van der Waals surface area contributed by atoms with E-state index in [4.69, 9.17) is 10.2 Å². The van der Waals surface area contributed by atoms with Gasteiger partial charge in [0, 0.05) is 13.2 Å². The van der Waals surface area contributed by atoms with Gasteiger partial charge < -0.3 is 14.8 Å². The number of carboxylic acid groups (broad SMARTS) is 2. The highest BCUT2D eigenvalue weighted by Crippen LogP contribution is 2.12. The molecule has 1 amide bonds. The Kier molecular flexibility index (Phi) is 2.23. The minimum Gasteiger partial charge on any atom is -0.477 e. The van der Waals surface area contributed by atoms with Crippen molar-refractivity contribution in [2.45, 2.75) is 0 Å². The molecule has 0 aliphatic heterocycles. The zero-order chi connectivity index (χ0) is 10.0. The molecule has 0 bridgehead atoms. The monoisotopic (exact) mass is 184 g/mol. The van der Waals surface area contributed by atoms with Crippen LogP contribution in [0.2, 0.25) is 0 Å². The molecule has 0 atom stereocenters. The second-order valence-electron chi connectivity index (χ2n) is 2.46. The molecule has 6 nitrogen and oxygen atoms in total. The van der Waals surface area contributed by atoms with Crippen LogP contribution in [0, 0.1) is 0 Å². The number of hydrogen-bond donors (Lipinski definition) is 3. The van der Waals surface area contributed by atoms with Gasteiger partial charge in [0.25, 0.3) is 0 Å². The van der Waals surface area contributed by atoms with Crippen LogP contribution in [-0.2, 0) is 7.05 Å². The lowest BCUT2D eigenvalue weighted by Gasteiger charge is -1.93. The van der Waals surface area contributed by atoms with Crippen LogP contribution < -0.4 is 5.32 Å². The first-order chi connectivity index (χ1) is 6.00. The van der Waals surface area contributed by atoms with E-state index in [9.17, 15) is 9.59 Å². The second-order valence-corrected chi connectivity index (χ2v) is 2.46. The van der Waals surface area contributed by atoms with E-state index >= 15 is 0 Å². The van der Waals surface area contributed by atoms with Crippen LogP contribution in [0.25, 0.3) is 0 Å². The van der Waals surface area contributed by atoms with Crippen molar-refractivity contribution in [3.05, 3.63) is 18.0 Å². The summed E-state index contributed by atoms with van der Waals surface area (Å²) in [6.07, 6.45) is 0.167. The number of anilines is 1. The Morgan fingerprint density at radius 3 is 2.46 bits per heavy atom. The molecule has 1 rings (SSSR count). The summed E-state index contributed by atoms with van der Waals surface area (Å²) in [4.78, 5) is 20.7. The molecule has 0 spiro atoms. The lowest BCUT2D eigenvalue weighted by atomic mass is 10.4. The average Bonchev–Trinajstić information content (AvgIpc) is 2.29. The summed E-state index contributed by atoms with van der Waals surface area (Å²) in [7, 11) is 1.52. The Morgan fingerprint density at radius 1 is 1.46 bits per heavy atom. The third-order valence-electron chi connectivity index (χ3n) is 1.48. The molecule has 6 heteroatoms. The number of amides is 1. The summed E-state index contributed by atoms with van der Waals surface area (Å²) in [6.45, 7) is 0. The largest absolute Gasteiger partial charge is 0.477 e. The van der Waals surface area contributed by atoms with E-state index in [-0.39, 0.29) is 11.4 Å². The molecule has 0 unspecified atom stereocenters. The van der Waals surface area contributed by atoms with Gasteiger partial charge in [0.1, 0.15) is 5.69 Å². The number of carboxylic acids is 1. The molecule has 0 saturated heterocycles. The van der Waals surface area contributed by atoms with Crippen LogP contribution in [0.1, 0.15) is 10.5 Å². The van der Waals surface area contributed by atoms with Gasteiger partial charge in [0.05, 0.1) is 5.69 Å². The lowest BCUT2D eigenvalue weighted by Crippen LogP contribution is -2.06. The van der Waals surface area contributed by atoms with Crippen molar-refractivity contribution >= 4 is 17.7 Å². The first-order valence-corrected chi connectivity index (χ1v) is 3.40. The van der Waals surface area contributed by atoms with Crippen LogP contribution in [0.4, 0.5) is 10.5 Å². The SMILES string of the molecule is Cn1cc(NC(=O)O)cc1C(=O)O. The van der Waals surface area contributed by atoms with Gasteiger partial charge in [-0.15, -0.1) is 0 Å². The Bertz CT molecular complexity index is 355. The molecule has 0 aromatic carbocycles. The molecular weight excluding hydrogens is 176 g/mol. The van der Waals surface area contributed by atoms with Crippen LogP contribution in [-0.4, -0.2) is 26.8 Å². The number of carbonyl (C=O) groups is 2. The molecule has 1 aromatic rings. The molecule has 1 heterocycles. The minimum atomic E-state index is -1.22. The van der Waals surface area contributed by atoms with Crippen molar-refractivity contribution in [2.24, 2.45) is 7.05 Å². The fraction of sp³-hybridized carbons (Fsp3) is 0.143. The van der Waals surface area contributed by atoms with Crippen molar-refractivity contribution in [3.63, 3.8) is 0 Å². The van der Waals surface area contributed by atoms with E-state index in [0.717, 1.165) is 0 Å². The fourth-order valence-electron chi connectivity index (χ4n) is 0.969. The summed E-state index contributed by atoms with van der Waals surface area (Å²) in [5.41, 5.74) is 0.274. The van der Waals surface area contributed by atoms with Crippen molar-refractivity contribution in [2.75, 3.05) is 5.32 Å². The zero-order valence-corrected chi connectivity index (χ0v) is 6.81. The molecule has 0 saturated carbocycles. The predicted octanol–water partition coefficient (Wildman–Crippen LogP) is 0.813. The molecule has 1 aromatic heterocycles. The quantitative estimate of drug-likeness (QED) is 0.634. The van der Waals surface area contributed by atoms with Crippen molar-refractivity contribution in [1.29, 1.82) is 0 Å². The number of aryl methyl sites for hydroxylation is 1. The molecule has 13 heavy (non-hydrogen) atoms. The van der Waals surface area contributed by atoms with Crippen LogP contribution in [0.5, 0.6) is 0 Å². The average molecular weight is 184 g/mol. The summed E-state index contributed by atoms with van der Waals surface area (Å²) >= 11 is 0. The van der Waals surface area contributed by atoms with Crippen LogP contribution in [0.15, 0.2) is 12.3 Å². The number of nitrogens with one attached hydrogen (secondary N) is 1. The van der Waals surface area contributed by atoms with Crippen LogP contribution in [0.3, 0.4) is 0 Å². The Balaban J connectivity index is 2.95. The molecule has 0 aliphatic rings. The van der Waals surface area contributed by atoms with E-state index in [1.165, 1.54) is 23.9 Å². The summed E-state index contributed by atoms with van der Waals surface area (Å²) in [6, 6.07) is 1.25. The highest BCUT2D eigenvalue weighted by Gasteiger charge is 2.10. The highest BCUT2D eigenvalue weighted by atomic mass is 16.4. The number of nitrogens with zero attached hydrogens (tertiary/aromatic N) is 1. The summed E-state index contributed by atoms with van der Waals surface area (Å²) in [5, 5.41) is 19.0. The van der Waals surface area contributed by atoms with Gasteiger partial charge in [0.2, 0.25) is 0 Å². The van der Waals surface area contributed by atoms with E-state index in [2.05, 4.69) is 5.32 Å². The first-order valence-electron chi connectivity index (χ1n) is 3.40. The third kappa shape index (κ3) is 1.98. The molecule has 0 radical (unpaired) electrons. The molecule has 3 N–H and O–H groups in total. The third-order valence-corrected chi connectivity index (χ3v) is 1.48. The van der Waals surface area contributed by atoms with E-state index < -0.39 is 12.1 Å². The molecule has 0 aliphatic carbocycles. The van der Waals surface area contributed by atoms with E-state index in [0.29, 0.717) is 0 Å². The Labute approximate surface area is 73.4 Å². The van der Waals surface area contributed by atoms with Crippen molar-refractivity contribution < 1.29 is 19.8 Å². The zero-order valence-electron chi connectivity index (χ0n) is 6.81. The lowest BCUT2D eigenvalue weighted by molar-refractivity contribution is 0.0686.